The third-order valence-corrected chi connectivity index (χ3v) is 5.41. The van der Waals surface area contributed by atoms with Gasteiger partial charge < -0.3 is 5.73 Å². The first-order chi connectivity index (χ1) is 9.03. The highest BCUT2D eigenvalue weighted by Crippen LogP contribution is 2.20. The Hall–Kier alpha value is -0.920. The fourth-order valence-electron chi connectivity index (χ4n) is 1.51. The average Bonchev–Trinajstić information content (AvgIpc) is 2.87. The number of thiophene rings is 1. The second kappa shape index (κ2) is 6.02. The normalized spacial score (nSPS) is 11.7. The minimum Gasteiger partial charge on any atom is -0.326 e. The van der Waals surface area contributed by atoms with Crippen LogP contribution in [0.3, 0.4) is 0 Å². The van der Waals surface area contributed by atoms with E-state index in [2.05, 4.69) is 4.72 Å². The smallest absolute Gasteiger partial charge is 0.241 e. The Morgan fingerprint density at radius 2 is 2.05 bits per heavy atom. The van der Waals surface area contributed by atoms with Gasteiger partial charge in [-0.15, -0.1) is 11.3 Å². The van der Waals surface area contributed by atoms with E-state index in [1.165, 1.54) is 11.3 Å². The molecule has 19 heavy (non-hydrogen) atoms. The second-order valence-electron chi connectivity index (χ2n) is 3.87. The molecule has 1 aromatic carbocycles. The molecule has 0 unspecified atom stereocenters. The molecule has 0 radical (unpaired) electrons. The van der Waals surface area contributed by atoms with E-state index in [-0.39, 0.29) is 11.4 Å². The SMILES string of the molecule is NCc1cc(S(=O)(=O)NCc2ccccc2Cl)cs1. The Bertz CT molecular complexity index is 668. The molecule has 0 aliphatic rings. The van der Waals surface area contributed by atoms with Crippen LogP contribution < -0.4 is 10.5 Å². The van der Waals surface area contributed by atoms with E-state index < -0.39 is 10.0 Å². The van der Waals surface area contributed by atoms with Crippen molar-refractivity contribution in [2.75, 3.05) is 0 Å². The van der Waals surface area contributed by atoms with E-state index in [4.69, 9.17) is 17.3 Å². The molecule has 0 bridgehead atoms. The van der Waals surface area contributed by atoms with E-state index in [0.717, 1.165) is 10.4 Å². The van der Waals surface area contributed by atoms with Crippen molar-refractivity contribution < 1.29 is 8.42 Å². The lowest BCUT2D eigenvalue weighted by molar-refractivity contribution is 0.581. The van der Waals surface area contributed by atoms with Gasteiger partial charge in [-0.25, -0.2) is 13.1 Å². The summed E-state index contributed by atoms with van der Waals surface area (Å²) in [5.74, 6) is 0. The topological polar surface area (TPSA) is 72.2 Å². The van der Waals surface area contributed by atoms with Crippen molar-refractivity contribution in [3.8, 4) is 0 Å². The van der Waals surface area contributed by atoms with Crippen molar-refractivity contribution in [1.82, 2.24) is 4.72 Å². The Morgan fingerprint density at radius 1 is 1.32 bits per heavy atom. The van der Waals surface area contributed by atoms with E-state index in [1.807, 2.05) is 6.07 Å². The first-order valence-corrected chi connectivity index (χ1v) is 8.27. The van der Waals surface area contributed by atoms with Gasteiger partial charge in [0.15, 0.2) is 0 Å². The zero-order valence-corrected chi connectivity index (χ0v) is 12.4. The number of hydrogen-bond acceptors (Lipinski definition) is 4. The van der Waals surface area contributed by atoms with Gasteiger partial charge in [0.05, 0.1) is 4.90 Å². The fourth-order valence-corrected chi connectivity index (χ4v) is 3.87. The van der Waals surface area contributed by atoms with Crippen LogP contribution in [0, 0.1) is 0 Å². The van der Waals surface area contributed by atoms with Crippen LogP contribution in [0.5, 0.6) is 0 Å². The number of nitrogens with two attached hydrogens (primary N) is 1. The molecule has 0 aliphatic carbocycles. The van der Waals surface area contributed by atoms with Crippen LogP contribution in [0.4, 0.5) is 0 Å². The summed E-state index contributed by atoms with van der Waals surface area (Å²) in [4.78, 5) is 1.07. The number of hydrogen-bond donors (Lipinski definition) is 2. The maximum absolute atomic E-state index is 12.1. The molecule has 0 atom stereocenters. The number of benzene rings is 1. The van der Waals surface area contributed by atoms with Gasteiger partial charge in [0, 0.05) is 28.4 Å². The van der Waals surface area contributed by atoms with Gasteiger partial charge in [0.1, 0.15) is 0 Å². The summed E-state index contributed by atoms with van der Waals surface area (Å²) in [6.07, 6.45) is 0. The summed E-state index contributed by atoms with van der Waals surface area (Å²) in [7, 11) is -3.52. The van der Waals surface area contributed by atoms with Crippen LogP contribution in [0.1, 0.15) is 10.4 Å². The van der Waals surface area contributed by atoms with E-state index in [9.17, 15) is 8.42 Å². The highest BCUT2D eigenvalue weighted by molar-refractivity contribution is 7.89. The molecule has 0 aliphatic heterocycles. The molecule has 102 valence electrons. The summed E-state index contributed by atoms with van der Waals surface area (Å²) in [5.41, 5.74) is 6.21. The molecule has 7 heteroatoms. The standard InChI is InChI=1S/C12H13ClN2O2S2/c13-12-4-2-1-3-9(12)7-15-19(16,17)11-5-10(6-14)18-8-11/h1-5,8,15H,6-7,14H2. The summed E-state index contributed by atoms with van der Waals surface area (Å²) in [6.45, 7) is 0.501. The van der Waals surface area contributed by atoms with Crippen LogP contribution in [0.25, 0.3) is 0 Å². The largest absolute Gasteiger partial charge is 0.326 e. The molecular formula is C12H13ClN2O2S2. The zero-order chi connectivity index (χ0) is 13.9. The van der Waals surface area contributed by atoms with Gasteiger partial charge >= 0.3 is 0 Å². The first-order valence-electron chi connectivity index (χ1n) is 5.53. The summed E-state index contributed by atoms with van der Waals surface area (Å²) in [6, 6.07) is 8.70. The predicted molar refractivity (Wildman–Crippen MR) is 77.7 cm³/mol. The Balaban J connectivity index is 2.12. The molecule has 0 saturated carbocycles. The zero-order valence-electron chi connectivity index (χ0n) is 9.97. The van der Waals surface area contributed by atoms with Gasteiger partial charge in [-0.3, -0.25) is 0 Å². The van der Waals surface area contributed by atoms with E-state index >= 15 is 0 Å². The summed E-state index contributed by atoms with van der Waals surface area (Å²) < 4.78 is 26.6. The van der Waals surface area contributed by atoms with Crippen molar-refractivity contribution in [3.63, 3.8) is 0 Å². The van der Waals surface area contributed by atoms with Gasteiger partial charge in [0.25, 0.3) is 0 Å². The number of halogens is 1. The third kappa shape index (κ3) is 3.55. The lowest BCUT2D eigenvalue weighted by atomic mass is 10.2. The van der Waals surface area contributed by atoms with Crippen LogP contribution in [-0.2, 0) is 23.1 Å². The molecule has 1 aromatic heterocycles. The van der Waals surface area contributed by atoms with E-state index in [1.54, 1.807) is 29.6 Å². The predicted octanol–water partition coefficient (Wildman–Crippen LogP) is 2.34. The molecular weight excluding hydrogens is 304 g/mol. The average molecular weight is 317 g/mol. The van der Waals surface area contributed by atoms with Crippen LogP contribution in [0.15, 0.2) is 40.6 Å². The Kier molecular flexibility index (Phi) is 4.59. The minimum absolute atomic E-state index is 0.163. The van der Waals surface area contributed by atoms with Gasteiger partial charge in [-0.05, 0) is 17.7 Å². The monoisotopic (exact) mass is 316 g/mol. The van der Waals surface area contributed by atoms with Crippen LogP contribution >= 0.6 is 22.9 Å². The van der Waals surface area contributed by atoms with Gasteiger partial charge in [0.2, 0.25) is 10.0 Å². The van der Waals surface area contributed by atoms with Crippen molar-refractivity contribution in [2.45, 2.75) is 18.0 Å². The Morgan fingerprint density at radius 3 is 2.68 bits per heavy atom. The number of sulfonamides is 1. The first kappa shape index (κ1) is 14.5. The van der Waals surface area contributed by atoms with Gasteiger partial charge in [-0.2, -0.15) is 0 Å². The molecule has 3 N–H and O–H groups in total. The van der Waals surface area contributed by atoms with Gasteiger partial charge in [-0.1, -0.05) is 29.8 Å². The van der Waals surface area contributed by atoms with Crippen LogP contribution in [-0.4, -0.2) is 8.42 Å². The molecule has 2 rings (SSSR count). The third-order valence-electron chi connectivity index (χ3n) is 2.55. The number of nitrogens with one attached hydrogen (secondary N) is 1. The summed E-state index contributed by atoms with van der Waals surface area (Å²) >= 11 is 7.31. The van der Waals surface area contributed by atoms with Crippen molar-refractivity contribution in [3.05, 3.63) is 51.2 Å². The molecule has 0 spiro atoms. The van der Waals surface area contributed by atoms with E-state index in [0.29, 0.717) is 11.6 Å². The molecule has 2 aromatic rings. The molecule has 4 nitrogen and oxygen atoms in total. The molecule has 1 heterocycles. The highest BCUT2D eigenvalue weighted by atomic mass is 35.5. The number of rotatable bonds is 5. The lowest BCUT2D eigenvalue weighted by Crippen LogP contribution is -2.22. The second-order valence-corrected chi connectivity index (χ2v) is 7.04. The van der Waals surface area contributed by atoms with Crippen molar-refractivity contribution in [1.29, 1.82) is 0 Å². The van der Waals surface area contributed by atoms with Crippen LogP contribution in [0.2, 0.25) is 5.02 Å². The Labute approximate surface area is 121 Å². The van der Waals surface area contributed by atoms with Crippen molar-refractivity contribution >= 4 is 33.0 Å². The molecule has 0 fully saturated rings. The molecule has 0 saturated heterocycles. The molecule has 0 amide bonds. The summed E-state index contributed by atoms with van der Waals surface area (Å²) in [5, 5.41) is 2.12. The fraction of sp³-hybridized carbons (Fsp3) is 0.167. The minimum atomic E-state index is -3.52. The quantitative estimate of drug-likeness (QED) is 0.889. The maximum atomic E-state index is 12.1. The lowest BCUT2D eigenvalue weighted by Gasteiger charge is -2.06. The maximum Gasteiger partial charge on any atom is 0.241 e. The van der Waals surface area contributed by atoms with Crippen molar-refractivity contribution in [2.24, 2.45) is 5.73 Å². The highest BCUT2D eigenvalue weighted by Gasteiger charge is 2.16.